The quantitative estimate of drug-likeness (QED) is 0.0981. The van der Waals surface area contributed by atoms with Gasteiger partial charge in [0.1, 0.15) is 36.7 Å². The fraction of sp³-hybridized carbons (Fsp3) is 0.310. The average molecular weight is 745 g/mol. The van der Waals surface area contributed by atoms with Gasteiger partial charge in [-0.05, 0) is 65.4 Å². The van der Waals surface area contributed by atoms with Crippen molar-refractivity contribution in [2.24, 2.45) is 0 Å². The number of carbonyl (C=O) groups is 3. The number of fused-ring (bicyclic) bond motifs is 6. The van der Waals surface area contributed by atoms with Crippen molar-refractivity contribution in [1.29, 1.82) is 0 Å². The van der Waals surface area contributed by atoms with E-state index in [-0.39, 0.29) is 50.3 Å². The van der Waals surface area contributed by atoms with Gasteiger partial charge in [0, 0.05) is 30.5 Å². The second-order valence-corrected chi connectivity index (χ2v) is 13.7. The number of hydrogen-bond donors (Lipinski definition) is 4. The van der Waals surface area contributed by atoms with Crippen molar-refractivity contribution in [3.63, 3.8) is 0 Å². The van der Waals surface area contributed by atoms with Crippen molar-refractivity contribution in [3.05, 3.63) is 102 Å². The van der Waals surface area contributed by atoms with Gasteiger partial charge in [-0.3, -0.25) is 14.4 Å². The second kappa shape index (κ2) is 16.5. The Kier molecular flexibility index (Phi) is 11.2. The minimum atomic E-state index is -0.789. The lowest BCUT2D eigenvalue weighted by molar-refractivity contribution is -0.137. The van der Waals surface area contributed by atoms with Crippen molar-refractivity contribution >= 4 is 39.5 Å². The summed E-state index contributed by atoms with van der Waals surface area (Å²) in [6.07, 6.45) is 2.81. The van der Waals surface area contributed by atoms with Crippen LogP contribution >= 0.6 is 0 Å². The fourth-order valence-corrected chi connectivity index (χ4v) is 7.10. The highest BCUT2D eigenvalue weighted by atomic mass is 19.1. The lowest BCUT2D eigenvalue weighted by Gasteiger charge is -2.27. The van der Waals surface area contributed by atoms with Gasteiger partial charge in [-0.2, -0.15) is 0 Å². The molecule has 6 aromatic rings. The molecule has 284 valence electrons. The molecule has 0 aliphatic carbocycles. The molecule has 55 heavy (non-hydrogen) atoms. The fourth-order valence-electron chi connectivity index (χ4n) is 7.10. The van der Waals surface area contributed by atoms with Gasteiger partial charge < -0.3 is 35.1 Å². The molecule has 0 saturated carbocycles. The Morgan fingerprint density at radius 3 is 2.51 bits per heavy atom. The van der Waals surface area contributed by atoms with Crippen LogP contribution in [0.4, 0.5) is 4.39 Å². The number of carbonyl (C=O) groups excluding carboxylic acids is 3. The number of halogens is 1. The first-order chi connectivity index (χ1) is 26.8. The molecule has 3 heterocycles. The standard InChI is InChI=1S/C42H45FN8O4/c1-4-16-51(42(54)40(49-38(52)5-2)26-9-7-6-8-10-26)23-36-45-21-34(47-36)28-11-13-30-29(18-28)25-55-35-20-31-27(19-32(30)35)12-14-33-41(31)48-37(46-33)24-50(17-15-43)39(53)22-44-3/h6-14,18-21,40,44H,4-5,15-17,22-25H2,1-3H3,(H,45,47)(H,46,48)(H,49,52)/t40-/m1/s1. The molecule has 13 heteroatoms. The van der Waals surface area contributed by atoms with E-state index in [1.807, 2.05) is 55.5 Å². The smallest absolute Gasteiger partial charge is 0.250 e. The number of ether oxygens (including phenoxy) is 1. The lowest BCUT2D eigenvalue weighted by Crippen LogP contribution is -2.43. The van der Waals surface area contributed by atoms with Crippen molar-refractivity contribution in [2.45, 2.75) is 52.4 Å². The monoisotopic (exact) mass is 744 g/mol. The Morgan fingerprint density at radius 2 is 1.75 bits per heavy atom. The number of benzene rings is 4. The number of aromatic amines is 2. The van der Waals surface area contributed by atoms with Crippen LogP contribution in [0.15, 0.2) is 79.0 Å². The molecule has 1 atom stereocenters. The Bertz CT molecular complexity index is 2340. The Balaban J connectivity index is 1.11. The molecule has 4 N–H and O–H groups in total. The van der Waals surface area contributed by atoms with Crippen LogP contribution in [0.1, 0.15) is 55.5 Å². The van der Waals surface area contributed by atoms with Crippen LogP contribution in [-0.2, 0) is 34.1 Å². The molecule has 1 aliphatic rings. The molecule has 12 nitrogen and oxygen atoms in total. The molecule has 7 rings (SSSR count). The number of nitrogens with zero attached hydrogens (tertiary/aromatic N) is 4. The van der Waals surface area contributed by atoms with Gasteiger partial charge in [0.05, 0.1) is 42.6 Å². The summed E-state index contributed by atoms with van der Waals surface area (Å²) in [7, 11) is 1.68. The number of amides is 3. The number of imidazole rings is 2. The van der Waals surface area contributed by atoms with E-state index in [1.54, 1.807) is 25.1 Å². The maximum Gasteiger partial charge on any atom is 0.250 e. The molecule has 1 aliphatic heterocycles. The molecule has 3 amide bonds. The predicted molar refractivity (Wildman–Crippen MR) is 210 cm³/mol. The van der Waals surface area contributed by atoms with Crippen LogP contribution in [-0.4, -0.2) is 80.8 Å². The minimum absolute atomic E-state index is 0.00236. The van der Waals surface area contributed by atoms with Gasteiger partial charge in [-0.1, -0.05) is 62.4 Å². The molecular formula is C42H45FN8O4. The van der Waals surface area contributed by atoms with Crippen LogP contribution < -0.4 is 15.4 Å². The van der Waals surface area contributed by atoms with E-state index in [2.05, 4.69) is 49.9 Å². The Morgan fingerprint density at radius 1 is 0.927 bits per heavy atom. The highest BCUT2D eigenvalue weighted by molar-refractivity contribution is 6.07. The molecular weight excluding hydrogens is 700 g/mol. The van der Waals surface area contributed by atoms with Crippen LogP contribution in [0.3, 0.4) is 0 Å². The van der Waals surface area contributed by atoms with Gasteiger partial charge in [0.2, 0.25) is 17.7 Å². The summed E-state index contributed by atoms with van der Waals surface area (Å²) in [6, 6.07) is 22.9. The van der Waals surface area contributed by atoms with E-state index < -0.39 is 12.7 Å². The molecule has 0 bridgehead atoms. The van der Waals surface area contributed by atoms with Gasteiger partial charge in [-0.25, -0.2) is 14.4 Å². The lowest BCUT2D eigenvalue weighted by atomic mass is 9.92. The average Bonchev–Trinajstić information content (AvgIpc) is 3.86. The molecule has 2 aromatic heterocycles. The van der Waals surface area contributed by atoms with E-state index in [0.29, 0.717) is 24.8 Å². The highest BCUT2D eigenvalue weighted by Gasteiger charge is 2.28. The normalized spacial score (nSPS) is 12.5. The van der Waals surface area contributed by atoms with Crippen LogP contribution in [0.5, 0.6) is 5.75 Å². The summed E-state index contributed by atoms with van der Waals surface area (Å²) >= 11 is 0. The minimum Gasteiger partial charge on any atom is -0.488 e. The van der Waals surface area contributed by atoms with Crippen molar-refractivity contribution in [2.75, 3.05) is 33.4 Å². The molecule has 0 unspecified atom stereocenters. The number of H-pyrrole nitrogens is 2. The third kappa shape index (κ3) is 7.92. The third-order valence-electron chi connectivity index (χ3n) is 9.86. The number of rotatable bonds is 15. The van der Waals surface area contributed by atoms with E-state index in [9.17, 15) is 18.8 Å². The number of likely N-dealkylation sites (N-methyl/N-ethyl adjacent to an activating group) is 1. The number of nitrogens with one attached hydrogen (secondary N) is 4. The first kappa shape index (κ1) is 37.2. The highest BCUT2D eigenvalue weighted by Crippen LogP contribution is 2.42. The zero-order valence-electron chi connectivity index (χ0n) is 31.2. The summed E-state index contributed by atoms with van der Waals surface area (Å²) in [6.45, 7) is 4.60. The Labute approximate surface area is 318 Å². The van der Waals surface area contributed by atoms with Crippen LogP contribution in [0.25, 0.3) is 44.2 Å². The summed E-state index contributed by atoms with van der Waals surface area (Å²) in [5.74, 6) is 1.41. The summed E-state index contributed by atoms with van der Waals surface area (Å²) in [4.78, 5) is 58.2. The van der Waals surface area contributed by atoms with E-state index >= 15 is 0 Å². The first-order valence-electron chi connectivity index (χ1n) is 18.7. The zero-order chi connectivity index (χ0) is 38.5. The number of hydrogen-bond acceptors (Lipinski definition) is 7. The summed E-state index contributed by atoms with van der Waals surface area (Å²) < 4.78 is 19.6. The van der Waals surface area contributed by atoms with Gasteiger partial charge >= 0.3 is 0 Å². The number of alkyl halides is 1. The molecule has 4 aromatic carbocycles. The van der Waals surface area contributed by atoms with Gasteiger partial charge in [0.15, 0.2) is 0 Å². The van der Waals surface area contributed by atoms with E-state index in [0.717, 1.165) is 67.5 Å². The topological polar surface area (TPSA) is 148 Å². The molecule has 0 spiro atoms. The second-order valence-electron chi connectivity index (χ2n) is 13.7. The predicted octanol–water partition coefficient (Wildman–Crippen LogP) is 6.19. The maximum absolute atomic E-state index is 13.9. The Hall–Kier alpha value is -6.08. The number of aromatic nitrogens is 4. The molecule has 0 radical (unpaired) electrons. The summed E-state index contributed by atoms with van der Waals surface area (Å²) in [5, 5.41) is 7.65. The van der Waals surface area contributed by atoms with Crippen molar-refractivity contribution < 1.29 is 23.5 Å². The van der Waals surface area contributed by atoms with Crippen LogP contribution in [0.2, 0.25) is 0 Å². The van der Waals surface area contributed by atoms with E-state index in [1.165, 1.54) is 4.90 Å². The maximum atomic E-state index is 13.9. The SMILES string of the molecule is CCCN(Cc1ncc(-c2ccc3c(c2)COc2cc4c(ccc5[nH]c(CN(CCF)C(=O)CNC)nc54)cc2-3)[nH]1)C(=O)[C@H](NC(=O)CC)c1ccccc1. The third-order valence-corrected chi connectivity index (χ3v) is 9.86. The molecule has 0 fully saturated rings. The zero-order valence-corrected chi connectivity index (χ0v) is 31.2. The van der Waals surface area contributed by atoms with Gasteiger partial charge in [0.25, 0.3) is 0 Å². The van der Waals surface area contributed by atoms with E-state index in [4.69, 9.17) is 9.72 Å². The summed E-state index contributed by atoms with van der Waals surface area (Å²) in [5.41, 5.74) is 7.16. The molecule has 0 saturated heterocycles. The first-order valence-corrected chi connectivity index (χ1v) is 18.7. The van der Waals surface area contributed by atoms with Crippen molar-refractivity contribution in [1.82, 2.24) is 40.4 Å². The van der Waals surface area contributed by atoms with Crippen molar-refractivity contribution in [3.8, 4) is 28.1 Å². The van der Waals surface area contributed by atoms with Gasteiger partial charge in [-0.15, -0.1) is 0 Å². The van der Waals surface area contributed by atoms with Crippen LogP contribution in [0, 0.1) is 0 Å². The largest absolute Gasteiger partial charge is 0.488 e.